The first-order valence-corrected chi connectivity index (χ1v) is 8.37. The van der Waals surface area contributed by atoms with Gasteiger partial charge in [0, 0.05) is 7.05 Å². The molecule has 112 valence electrons. The van der Waals surface area contributed by atoms with Gasteiger partial charge in [-0.1, -0.05) is 18.6 Å². The van der Waals surface area contributed by atoms with Crippen LogP contribution in [-0.4, -0.2) is 16.1 Å². The molecule has 21 heavy (non-hydrogen) atoms. The lowest BCUT2D eigenvalue weighted by Crippen LogP contribution is -2.29. The minimum absolute atomic E-state index is 0.321. The predicted molar refractivity (Wildman–Crippen MR) is 86.1 cm³/mol. The molecule has 4 unspecified atom stereocenters. The molecular weight excluding hydrogens is 258 g/mol. The molecule has 1 N–H and O–H groups in total. The molecule has 2 aliphatic rings. The summed E-state index contributed by atoms with van der Waals surface area (Å²) in [7, 11) is 2.13. The van der Waals surface area contributed by atoms with Crippen molar-refractivity contribution in [3.05, 3.63) is 30.1 Å². The normalized spacial score (nSPS) is 29.3. The van der Waals surface area contributed by atoms with E-state index < -0.39 is 0 Å². The molecule has 2 saturated carbocycles. The average Bonchev–Trinajstić information content (AvgIpc) is 3.20. The van der Waals surface area contributed by atoms with Crippen molar-refractivity contribution in [2.75, 3.05) is 6.54 Å². The van der Waals surface area contributed by atoms with Gasteiger partial charge in [0.05, 0.1) is 17.1 Å². The molecule has 0 radical (unpaired) electrons. The van der Waals surface area contributed by atoms with Gasteiger partial charge in [0.1, 0.15) is 5.82 Å². The van der Waals surface area contributed by atoms with Gasteiger partial charge in [-0.25, -0.2) is 4.98 Å². The van der Waals surface area contributed by atoms with E-state index in [0.717, 1.165) is 35.6 Å². The summed E-state index contributed by atoms with van der Waals surface area (Å²) in [6.45, 7) is 3.40. The third-order valence-electron chi connectivity index (χ3n) is 5.78. The van der Waals surface area contributed by atoms with Gasteiger partial charge >= 0.3 is 0 Å². The lowest BCUT2D eigenvalue weighted by molar-refractivity contribution is 0.307. The number of nitrogens with zero attached hydrogens (tertiary/aromatic N) is 2. The van der Waals surface area contributed by atoms with Crippen molar-refractivity contribution in [2.45, 2.75) is 38.6 Å². The van der Waals surface area contributed by atoms with Crippen molar-refractivity contribution in [3.8, 4) is 0 Å². The zero-order valence-corrected chi connectivity index (χ0v) is 13.0. The van der Waals surface area contributed by atoms with E-state index in [1.165, 1.54) is 31.2 Å². The maximum Gasteiger partial charge on any atom is 0.126 e. The number of imidazole rings is 1. The van der Waals surface area contributed by atoms with Gasteiger partial charge < -0.3 is 9.88 Å². The SMILES string of the molecule is CC(NCC1CC2CCC1C2)c1nc2ccccc2n1C. The van der Waals surface area contributed by atoms with Gasteiger partial charge in [0.2, 0.25) is 0 Å². The molecule has 1 aromatic carbocycles. The predicted octanol–water partition coefficient (Wildman–Crippen LogP) is 3.66. The van der Waals surface area contributed by atoms with Crippen molar-refractivity contribution < 1.29 is 0 Å². The Balaban J connectivity index is 1.46. The fourth-order valence-corrected chi connectivity index (χ4v) is 4.60. The number of benzene rings is 1. The van der Waals surface area contributed by atoms with E-state index in [2.05, 4.69) is 48.1 Å². The molecule has 4 rings (SSSR count). The number of aromatic nitrogens is 2. The molecule has 0 spiro atoms. The highest BCUT2D eigenvalue weighted by atomic mass is 15.1. The summed E-state index contributed by atoms with van der Waals surface area (Å²) >= 11 is 0. The van der Waals surface area contributed by atoms with Crippen molar-refractivity contribution in [3.63, 3.8) is 0 Å². The Kier molecular flexibility index (Phi) is 3.26. The van der Waals surface area contributed by atoms with Gasteiger partial charge in [-0.2, -0.15) is 0 Å². The smallest absolute Gasteiger partial charge is 0.126 e. The Hall–Kier alpha value is -1.35. The Labute approximate surface area is 126 Å². The van der Waals surface area contributed by atoms with E-state index in [9.17, 15) is 0 Å². The highest BCUT2D eigenvalue weighted by Crippen LogP contribution is 2.48. The fourth-order valence-electron chi connectivity index (χ4n) is 4.60. The third kappa shape index (κ3) is 2.28. The van der Waals surface area contributed by atoms with E-state index in [-0.39, 0.29) is 0 Å². The lowest BCUT2D eigenvalue weighted by atomic mass is 9.89. The van der Waals surface area contributed by atoms with Crippen LogP contribution < -0.4 is 5.32 Å². The molecule has 1 heterocycles. The topological polar surface area (TPSA) is 29.9 Å². The van der Waals surface area contributed by atoms with Crippen molar-refractivity contribution in [2.24, 2.45) is 24.8 Å². The van der Waals surface area contributed by atoms with Crippen molar-refractivity contribution in [1.29, 1.82) is 0 Å². The maximum atomic E-state index is 4.81. The second-order valence-corrected chi connectivity index (χ2v) is 7.08. The standard InChI is InChI=1S/C18H25N3/c1-12(19-11-15-10-13-7-8-14(15)9-13)18-20-16-5-3-4-6-17(16)21(18)2/h3-6,12-15,19H,7-11H2,1-2H3. The Bertz CT molecular complexity index is 645. The van der Waals surface area contributed by atoms with Gasteiger partial charge in [-0.3, -0.25) is 0 Å². The summed E-state index contributed by atoms with van der Waals surface area (Å²) in [5.74, 6) is 4.09. The summed E-state index contributed by atoms with van der Waals surface area (Å²) in [5, 5.41) is 3.74. The molecule has 4 atom stereocenters. The van der Waals surface area contributed by atoms with Gasteiger partial charge in [-0.15, -0.1) is 0 Å². The molecule has 3 nitrogen and oxygen atoms in total. The third-order valence-corrected chi connectivity index (χ3v) is 5.78. The highest BCUT2D eigenvalue weighted by Gasteiger charge is 2.39. The summed E-state index contributed by atoms with van der Waals surface area (Å²) in [5.41, 5.74) is 2.32. The lowest BCUT2D eigenvalue weighted by Gasteiger charge is -2.24. The Morgan fingerprint density at radius 3 is 2.86 bits per heavy atom. The minimum Gasteiger partial charge on any atom is -0.330 e. The summed E-state index contributed by atoms with van der Waals surface area (Å²) in [6.07, 6.45) is 5.90. The van der Waals surface area contributed by atoms with Crippen LogP contribution in [0.25, 0.3) is 11.0 Å². The number of rotatable bonds is 4. The van der Waals surface area contributed by atoms with Crippen molar-refractivity contribution >= 4 is 11.0 Å². The summed E-state index contributed by atoms with van der Waals surface area (Å²) in [4.78, 5) is 4.81. The molecule has 0 aliphatic heterocycles. The van der Waals surface area contributed by atoms with E-state index in [1.54, 1.807) is 0 Å². The van der Waals surface area contributed by atoms with E-state index in [1.807, 2.05) is 0 Å². The number of para-hydroxylation sites is 2. The summed E-state index contributed by atoms with van der Waals surface area (Å²) in [6, 6.07) is 8.71. The van der Waals surface area contributed by atoms with Gasteiger partial charge in [0.25, 0.3) is 0 Å². The number of fused-ring (bicyclic) bond motifs is 3. The molecule has 2 aliphatic carbocycles. The maximum absolute atomic E-state index is 4.81. The molecule has 2 fully saturated rings. The average molecular weight is 283 g/mol. The second kappa shape index (κ2) is 5.13. The highest BCUT2D eigenvalue weighted by molar-refractivity contribution is 5.75. The van der Waals surface area contributed by atoms with Crippen LogP contribution in [0.2, 0.25) is 0 Å². The van der Waals surface area contributed by atoms with E-state index in [4.69, 9.17) is 4.98 Å². The van der Waals surface area contributed by atoms with Crippen molar-refractivity contribution in [1.82, 2.24) is 14.9 Å². The minimum atomic E-state index is 0.321. The van der Waals surface area contributed by atoms with Crippen LogP contribution in [0, 0.1) is 17.8 Å². The second-order valence-electron chi connectivity index (χ2n) is 7.08. The van der Waals surface area contributed by atoms with Gasteiger partial charge in [-0.05, 0) is 62.6 Å². The van der Waals surface area contributed by atoms with Crippen LogP contribution in [0.1, 0.15) is 44.5 Å². The van der Waals surface area contributed by atoms with Crippen LogP contribution in [-0.2, 0) is 7.05 Å². The van der Waals surface area contributed by atoms with Crippen LogP contribution in [0.15, 0.2) is 24.3 Å². The zero-order chi connectivity index (χ0) is 14.4. The van der Waals surface area contributed by atoms with E-state index >= 15 is 0 Å². The van der Waals surface area contributed by atoms with Gasteiger partial charge in [0.15, 0.2) is 0 Å². The van der Waals surface area contributed by atoms with Crippen LogP contribution in [0.3, 0.4) is 0 Å². The Morgan fingerprint density at radius 1 is 1.29 bits per heavy atom. The van der Waals surface area contributed by atoms with E-state index in [0.29, 0.717) is 6.04 Å². The first-order chi connectivity index (χ1) is 10.2. The quantitative estimate of drug-likeness (QED) is 0.928. The number of hydrogen-bond donors (Lipinski definition) is 1. The molecule has 0 saturated heterocycles. The monoisotopic (exact) mass is 283 g/mol. The molecule has 1 aromatic heterocycles. The summed E-state index contributed by atoms with van der Waals surface area (Å²) < 4.78 is 2.23. The molecular formula is C18H25N3. The molecule has 2 bridgehead atoms. The molecule has 2 aromatic rings. The first-order valence-electron chi connectivity index (χ1n) is 8.37. The number of nitrogens with one attached hydrogen (secondary N) is 1. The first kappa shape index (κ1) is 13.3. The number of hydrogen-bond acceptors (Lipinski definition) is 2. The van der Waals surface area contributed by atoms with Crippen LogP contribution in [0.5, 0.6) is 0 Å². The number of aryl methyl sites for hydroxylation is 1. The fraction of sp³-hybridized carbons (Fsp3) is 0.611. The van der Waals surface area contributed by atoms with Crippen LogP contribution in [0.4, 0.5) is 0 Å². The largest absolute Gasteiger partial charge is 0.330 e. The molecule has 0 amide bonds. The molecule has 3 heteroatoms. The van der Waals surface area contributed by atoms with Crippen LogP contribution >= 0.6 is 0 Å². The Morgan fingerprint density at radius 2 is 2.14 bits per heavy atom. The zero-order valence-electron chi connectivity index (χ0n) is 13.0.